The van der Waals surface area contributed by atoms with Gasteiger partial charge >= 0.3 is 5.69 Å². The Morgan fingerprint density at radius 2 is 2.00 bits per heavy atom. The molecule has 0 saturated carbocycles. The number of nitrogens with one attached hydrogen (secondary N) is 2. The first kappa shape index (κ1) is 13.1. The summed E-state index contributed by atoms with van der Waals surface area (Å²) in [5, 5.41) is 3.27. The average Bonchev–Trinajstić information content (AvgIpc) is 2.65. The number of rotatable bonds is 1. The molecule has 1 aromatic carbocycles. The predicted molar refractivity (Wildman–Crippen MR) is 70.9 cm³/mol. The Labute approximate surface area is 110 Å². The van der Waals surface area contributed by atoms with E-state index < -0.39 is 0 Å². The van der Waals surface area contributed by atoms with E-state index in [4.69, 9.17) is 0 Å². The van der Waals surface area contributed by atoms with Gasteiger partial charge < -0.3 is 10.3 Å². The molecular weight excluding hydrogens is 257 g/mol. The molecule has 3 rings (SSSR count). The number of imidazole rings is 1. The van der Waals surface area contributed by atoms with Gasteiger partial charge in [-0.25, -0.2) is 9.18 Å². The van der Waals surface area contributed by atoms with E-state index in [0.29, 0.717) is 5.52 Å². The van der Waals surface area contributed by atoms with E-state index >= 15 is 0 Å². The lowest BCUT2D eigenvalue weighted by Crippen LogP contribution is -2.33. The number of aromatic amines is 1. The summed E-state index contributed by atoms with van der Waals surface area (Å²) in [6.45, 7) is 1.84. The number of halogens is 2. The van der Waals surface area contributed by atoms with Crippen molar-refractivity contribution < 1.29 is 4.39 Å². The van der Waals surface area contributed by atoms with Crippen molar-refractivity contribution >= 4 is 23.4 Å². The van der Waals surface area contributed by atoms with Gasteiger partial charge in [-0.3, -0.25) is 4.57 Å². The highest BCUT2D eigenvalue weighted by Gasteiger charge is 2.19. The molecule has 2 heterocycles. The predicted octanol–water partition coefficient (Wildman–Crippen LogP) is 1.81. The molecule has 0 radical (unpaired) electrons. The highest BCUT2D eigenvalue weighted by atomic mass is 35.5. The van der Waals surface area contributed by atoms with Crippen LogP contribution in [0.3, 0.4) is 0 Å². The Bertz CT molecular complexity index is 601. The van der Waals surface area contributed by atoms with Gasteiger partial charge in [0, 0.05) is 6.04 Å². The summed E-state index contributed by atoms with van der Waals surface area (Å²) in [6, 6.07) is 4.65. The van der Waals surface area contributed by atoms with E-state index in [0.717, 1.165) is 31.4 Å². The van der Waals surface area contributed by atoms with E-state index in [-0.39, 0.29) is 30.0 Å². The van der Waals surface area contributed by atoms with Crippen molar-refractivity contribution in [3.63, 3.8) is 0 Å². The molecule has 0 unspecified atom stereocenters. The standard InChI is InChI=1S/C12H14FN3O.ClH/c13-8-1-2-11-10(7-8)15-12(17)16(11)9-3-5-14-6-4-9;/h1-2,7,9,14H,3-6H2,(H,15,17);1H. The Morgan fingerprint density at radius 3 is 2.72 bits per heavy atom. The van der Waals surface area contributed by atoms with Crippen molar-refractivity contribution in [2.75, 3.05) is 13.1 Å². The van der Waals surface area contributed by atoms with Crippen LogP contribution in [0.5, 0.6) is 0 Å². The van der Waals surface area contributed by atoms with Crippen molar-refractivity contribution in [3.05, 3.63) is 34.5 Å². The summed E-state index contributed by atoms with van der Waals surface area (Å²) in [4.78, 5) is 14.6. The van der Waals surface area contributed by atoms with Crippen LogP contribution >= 0.6 is 12.4 Å². The minimum absolute atomic E-state index is 0. The summed E-state index contributed by atoms with van der Waals surface area (Å²) < 4.78 is 14.8. The van der Waals surface area contributed by atoms with Gasteiger partial charge in [-0.2, -0.15) is 0 Å². The van der Waals surface area contributed by atoms with Gasteiger partial charge in [0.15, 0.2) is 0 Å². The molecule has 1 aliphatic rings. The molecular formula is C12H15ClFN3O. The number of H-pyrrole nitrogens is 1. The number of aromatic nitrogens is 2. The lowest BCUT2D eigenvalue weighted by Gasteiger charge is -2.23. The van der Waals surface area contributed by atoms with E-state index in [9.17, 15) is 9.18 Å². The molecule has 0 spiro atoms. The lowest BCUT2D eigenvalue weighted by molar-refractivity contribution is 0.368. The zero-order valence-electron chi connectivity index (χ0n) is 9.78. The molecule has 2 N–H and O–H groups in total. The van der Waals surface area contributed by atoms with Crippen LogP contribution in [0.25, 0.3) is 11.0 Å². The van der Waals surface area contributed by atoms with Gasteiger partial charge in [0.05, 0.1) is 11.0 Å². The van der Waals surface area contributed by atoms with Crippen LogP contribution < -0.4 is 11.0 Å². The molecule has 1 saturated heterocycles. The second-order valence-corrected chi connectivity index (χ2v) is 4.44. The molecule has 4 nitrogen and oxygen atoms in total. The fourth-order valence-electron chi connectivity index (χ4n) is 2.53. The summed E-state index contributed by atoms with van der Waals surface area (Å²) in [6.07, 6.45) is 1.87. The molecule has 1 aliphatic heterocycles. The smallest absolute Gasteiger partial charge is 0.317 e. The van der Waals surface area contributed by atoms with Crippen molar-refractivity contribution in [1.82, 2.24) is 14.9 Å². The van der Waals surface area contributed by atoms with Crippen LogP contribution in [0.15, 0.2) is 23.0 Å². The largest absolute Gasteiger partial charge is 0.326 e. The molecule has 0 amide bonds. The maximum Gasteiger partial charge on any atom is 0.326 e. The molecule has 98 valence electrons. The first-order valence-corrected chi connectivity index (χ1v) is 5.86. The topological polar surface area (TPSA) is 49.8 Å². The fourth-order valence-corrected chi connectivity index (χ4v) is 2.53. The average molecular weight is 272 g/mol. The number of benzene rings is 1. The van der Waals surface area contributed by atoms with Gasteiger partial charge in [0.1, 0.15) is 5.82 Å². The van der Waals surface area contributed by atoms with Gasteiger partial charge in [0.25, 0.3) is 0 Å². The van der Waals surface area contributed by atoms with Gasteiger partial charge in [-0.05, 0) is 44.1 Å². The molecule has 0 atom stereocenters. The third kappa shape index (κ3) is 2.15. The highest BCUT2D eigenvalue weighted by molar-refractivity contribution is 5.85. The Balaban J connectivity index is 0.00000120. The zero-order chi connectivity index (χ0) is 11.8. The number of hydrogen-bond acceptors (Lipinski definition) is 2. The number of piperidine rings is 1. The maximum absolute atomic E-state index is 13.1. The first-order chi connectivity index (χ1) is 8.25. The summed E-state index contributed by atoms with van der Waals surface area (Å²) in [7, 11) is 0. The number of fused-ring (bicyclic) bond motifs is 1. The second kappa shape index (κ2) is 5.12. The number of nitrogens with zero attached hydrogens (tertiary/aromatic N) is 1. The normalized spacial score (nSPS) is 16.7. The molecule has 0 aliphatic carbocycles. The summed E-state index contributed by atoms with van der Waals surface area (Å²) >= 11 is 0. The Hall–Kier alpha value is -1.33. The van der Waals surface area contributed by atoms with E-state index in [2.05, 4.69) is 10.3 Å². The molecule has 6 heteroatoms. The highest BCUT2D eigenvalue weighted by Crippen LogP contribution is 2.22. The van der Waals surface area contributed by atoms with Crippen LogP contribution in [0.4, 0.5) is 4.39 Å². The first-order valence-electron chi connectivity index (χ1n) is 5.86. The molecule has 1 aromatic heterocycles. The lowest BCUT2D eigenvalue weighted by atomic mass is 10.1. The second-order valence-electron chi connectivity index (χ2n) is 4.44. The van der Waals surface area contributed by atoms with Crippen LogP contribution in [0, 0.1) is 5.82 Å². The zero-order valence-corrected chi connectivity index (χ0v) is 10.6. The van der Waals surface area contributed by atoms with E-state index in [1.54, 1.807) is 10.6 Å². The summed E-state index contributed by atoms with van der Waals surface area (Å²) in [5.41, 5.74) is 1.23. The minimum atomic E-state index is -0.323. The van der Waals surface area contributed by atoms with Crippen LogP contribution in [0.2, 0.25) is 0 Å². The van der Waals surface area contributed by atoms with Gasteiger partial charge in [-0.15, -0.1) is 12.4 Å². The molecule has 2 aromatic rings. The van der Waals surface area contributed by atoms with Crippen LogP contribution in [0.1, 0.15) is 18.9 Å². The van der Waals surface area contributed by atoms with E-state index in [1.807, 2.05) is 0 Å². The maximum atomic E-state index is 13.1. The van der Waals surface area contributed by atoms with Crippen LogP contribution in [-0.4, -0.2) is 22.6 Å². The SMILES string of the molecule is Cl.O=c1[nH]c2cc(F)ccc2n1C1CCNCC1. The van der Waals surface area contributed by atoms with Crippen molar-refractivity contribution in [2.45, 2.75) is 18.9 Å². The quantitative estimate of drug-likeness (QED) is 0.831. The fraction of sp³-hybridized carbons (Fsp3) is 0.417. The van der Waals surface area contributed by atoms with Crippen molar-refractivity contribution in [2.24, 2.45) is 0 Å². The van der Waals surface area contributed by atoms with Gasteiger partial charge in [-0.1, -0.05) is 0 Å². The molecule has 0 bridgehead atoms. The third-order valence-electron chi connectivity index (χ3n) is 3.35. The molecule has 18 heavy (non-hydrogen) atoms. The summed E-state index contributed by atoms with van der Waals surface area (Å²) in [5.74, 6) is -0.323. The van der Waals surface area contributed by atoms with Gasteiger partial charge in [0.2, 0.25) is 0 Å². The number of hydrogen-bond donors (Lipinski definition) is 2. The monoisotopic (exact) mass is 271 g/mol. The molecule has 1 fully saturated rings. The van der Waals surface area contributed by atoms with Crippen LogP contribution in [-0.2, 0) is 0 Å². The minimum Gasteiger partial charge on any atom is -0.317 e. The third-order valence-corrected chi connectivity index (χ3v) is 3.35. The van der Waals surface area contributed by atoms with E-state index in [1.165, 1.54) is 12.1 Å². The van der Waals surface area contributed by atoms with Crippen molar-refractivity contribution in [1.29, 1.82) is 0 Å². The van der Waals surface area contributed by atoms with Crippen molar-refractivity contribution in [3.8, 4) is 0 Å². The Kier molecular flexibility index (Phi) is 3.73. The Morgan fingerprint density at radius 1 is 1.28 bits per heavy atom.